The quantitative estimate of drug-likeness (QED) is 0.367. The molecule has 6 atom stereocenters. The van der Waals surface area contributed by atoms with Crippen LogP contribution in [0.25, 0.3) is 0 Å². The Morgan fingerprint density at radius 2 is 1.84 bits per heavy atom. The van der Waals surface area contributed by atoms with Crippen LogP contribution in [0, 0.1) is 32.1 Å². The van der Waals surface area contributed by atoms with Crippen LogP contribution < -0.4 is 24.8 Å². The van der Waals surface area contributed by atoms with Crippen molar-refractivity contribution in [2.45, 2.75) is 103 Å². The number of hydrogen-bond donors (Lipinski definition) is 3. The summed E-state index contributed by atoms with van der Waals surface area (Å²) in [6.45, 7) is 12.9. The van der Waals surface area contributed by atoms with Crippen LogP contribution in [-0.2, 0) is 27.1 Å². The fourth-order valence-corrected chi connectivity index (χ4v) is 8.09. The van der Waals surface area contributed by atoms with Gasteiger partial charge >= 0.3 is 6.09 Å². The highest BCUT2D eigenvalue weighted by atomic mass is 16.7. The van der Waals surface area contributed by atoms with Crippen LogP contribution in [0.5, 0.6) is 23.0 Å². The summed E-state index contributed by atoms with van der Waals surface area (Å²) < 4.78 is 28.9. The van der Waals surface area contributed by atoms with E-state index in [0.717, 1.165) is 28.0 Å². The lowest BCUT2D eigenvalue weighted by Crippen LogP contribution is -2.69. The Balaban J connectivity index is 1.45. The molecule has 4 aliphatic heterocycles. The fourth-order valence-electron chi connectivity index (χ4n) is 8.09. The number of hydrogen-bond acceptors (Lipinski definition) is 11. The number of benzene rings is 2. The van der Waals surface area contributed by atoms with Crippen LogP contribution >= 0.6 is 0 Å². The van der Waals surface area contributed by atoms with Gasteiger partial charge in [-0.25, -0.2) is 4.79 Å². The molecule has 0 aromatic heterocycles. The second-order valence-corrected chi connectivity index (χ2v) is 14.5. The van der Waals surface area contributed by atoms with Gasteiger partial charge in [-0.1, -0.05) is 6.07 Å². The van der Waals surface area contributed by atoms with Gasteiger partial charge in [0.2, 0.25) is 12.7 Å². The summed E-state index contributed by atoms with van der Waals surface area (Å²) in [4.78, 5) is 30.4. The Hall–Kier alpha value is -4.25. The number of methoxy groups -OCH3 is 1. The van der Waals surface area contributed by atoms with E-state index in [1.807, 2.05) is 6.92 Å². The lowest BCUT2D eigenvalue weighted by molar-refractivity contribution is -0.123. The second-order valence-electron chi connectivity index (χ2n) is 14.5. The molecule has 49 heavy (non-hydrogen) atoms. The van der Waals surface area contributed by atoms with Crippen molar-refractivity contribution in [3.63, 3.8) is 0 Å². The number of phenolic OH excluding ortho intramolecular Hbond substituents is 1. The van der Waals surface area contributed by atoms with E-state index in [4.69, 9.17) is 23.7 Å². The predicted molar refractivity (Wildman–Crippen MR) is 179 cm³/mol. The highest BCUT2D eigenvalue weighted by molar-refractivity contribution is 5.85. The van der Waals surface area contributed by atoms with E-state index in [1.165, 1.54) is 0 Å². The molecular formula is C36H47N5O8. The Morgan fingerprint density at radius 3 is 2.51 bits per heavy atom. The molecule has 4 aliphatic rings. The molecule has 13 nitrogen and oxygen atoms in total. The molecule has 6 rings (SSSR count). The molecule has 0 radical (unpaired) electrons. The van der Waals surface area contributed by atoms with E-state index < -0.39 is 35.7 Å². The zero-order valence-electron chi connectivity index (χ0n) is 29.7. The van der Waals surface area contributed by atoms with Gasteiger partial charge in [-0.3, -0.25) is 14.6 Å². The molecule has 2 aromatic carbocycles. The first kappa shape index (κ1) is 34.6. The number of rotatable bonds is 7. The number of amides is 2. The van der Waals surface area contributed by atoms with Crippen molar-refractivity contribution in [3.8, 4) is 29.1 Å². The summed E-state index contributed by atoms with van der Waals surface area (Å²) in [5, 5.41) is 28.2. The van der Waals surface area contributed by atoms with Gasteiger partial charge in [-0.15, -0.1) is 0 Å². The standard InChI is InChI=1S/C36H47N5O8/c1-17-10-21-11-23-25(13-37)41-24(29(40(23)8)27(21)31(18(17)2)46-15-45-9)12-22-28(33-32(47-16-48-33)19(3)30(22)42)26(41)14-38-34(43)20(4)39-35(44)49-36(5,6)7/h10,20,23-26,29,42H,11-12,14-16H2,1-9H3,(H,38,43)(H,39,44)/t20-,23-,24?,25-,26-,29?/m0/s1. The number of likely N-dealkylation sites (N-methyl/N-ethyl adjacent to an activating group) is 1. The average molecular weight is 678 g/mol. The highest BCUT2D eigenvalue weighted by Gasteiger charge is 2.56. The molecule has 2 bridgehead atoms. The maximum absolute atomic E-state index is 13.5. The van der Waals surface area contributed by atoms with Gasteiger partial charge in [-0.05, 0) is 85.0 Å². The van der Waals surface area contributed by atoms with E-state index in [-0.39, 0.29) is 44.0 Å². The number of aryl methyl sites for hydroxylation is 1. The molecule has 0 aliphatic carbocycles. The molecule has 0 spiro atoms. The molecule has 3 N–H and O–H groups in total. The summed E-state index contributed by atoms with van der Waals surface area (Å²) in [6, 6.07) is 2.09. The lowest BCUT2D eigenvalue weighted by Gasteiger charge is -2.60. The molecule has 1 saturated heterocycles. The Morgan fingerprint density at radius 1 is 1.12 bits per heavy atom. The van der Waals surface area contributed by atoms with Crippen molar-refractivity contribution < 1.29 is 38.4 Å². The van der Waals surface area contributed by atoms with Gasteiger partial charge in [0, 0.05) is 48.0 Å². The number of nitrogens with zero attached hydrogens (tertiary/aromatic N) is 3. The summed E-state index contributed by atoms with van der Waals surface area (Å²) in [5.41, 5.74) is 5.54. The van der Waals surface area contributed by atoms with Gasteiger partial charge < -0.3 is 39.4 Å². The first-order chi connectivity index (χ1) is 23.2. The number of carbonyl (C=O) groups is 2. The van der Waals surface area contributed by atoms with Gasteiger partial charge in [0.15, 0.2) is 18.3 Å². The zero-order valence-corrected chi connectivity index (χ0v) is 29.7. The number of ether oxygens (including phenoxy) is 5. The maximum atomic E-state index is 13.5. The molecule has 264 valence electrons. The van der Waals surface area contributed by atoms with Crippen molar-refractivity contribution in [1.82, 2.24) is 20.4 Å². The molecule has 2 aromatic rings. The number of nitriles is 1. The van der Waals surface area contributed by atoms with Crippen LogP contribution in [0.1, 0.15) is 78.7 Å². The lowest BCUT2D eigenvalue weighted by atomic mass is 9.71. The topological polar surface area (TPSA) is 155 Å². The Kier molecular flexibility index (Phi) is 9.11. The third kappa shape index (κ3) is 5.89. The summed E-state index contributed by atoms with van der Waals surface area (Å²) in [7, 11) is 3.64. The van der Waals surface area contributed by atoms with Crippen LogP contribution in [0.4, 0.5) is 4.79 Å². The maximum Gasteiger partial charge on any atom is 0.408 e. The number of piperazine rings is 1. The zero-order chi connectivity index (χ0) is 35.5. The third-order valence-electron chi connectivity index (χ3n) is 10.4. The molecule has 4 heterocycles. The van der Waals surface area contributed by atoms with Crippen molar-refractivity contribution in [2.24, 2.45) is 0 Å². The van der Waals surface area contributed by atoms with E-state index in [0.29, 0.717) is 41.0 Å². The van der Waals surface area contributed by atoms with Gasteiger partial charge in [-0.2, -0.15) is 5.26 Å². The Bertz CT molecular complexity index is 1710. The number of alkyl carbamates (subject to hydrolysis) is 1. The second kappa shape index (κ2) is 12.9. The van der Waals surface area contributed by atoms with Gasteiger partial charge in [0.25, 0.3) is 0 Å². The normalized spacial score (nSPS) is 24.5. The minimum Gasteiger partial charge on any atom is -0.507 e. The van der Waals surface area contributed by atoms with Gasteiger partial charge in [0.05, 0.1) is 18.2 Å². The molecule has 2 unspecified atom stereocenters. The van der Waals surface area contributed by atoms with E-state index in [1.54, 1.807) is 41.7 Å². The van der Waals surface area contributed by atoms with E-state index in [2.05, 4.69) is 46.5 Å². The summed E-state index contributed by atoms with van der Waals surface area (Å²) in [5.74, 6) is 1.43. The van der Waals surface area contributed by atoms with Crippen LogP contribution in [0.3, 0.4) is 0 Å². The van der Waals surface area contributed by atoms with Crippen molar-refractivity contribution >= 4 is 12.0 Å². The largest absolute Gasteiger partial charge is 0.507 e. The van der Waals surface area contributed by atoms with Crippen molar-refractivity contribution in [2.75, 3.05) is 34.3 Å². The molecule has 1 fully saturated rings. The molecule has 13 heteroatoms. The first-order valence-corrected chi connectivity index (χ1v) is 16.7. The highest BCUT2D eigenvalue weighted by Crippen LogP contribution is 2.57. The smallest absolute Gasteiger partial charge is 0.408 e. The van der Waals surface area contributed by atoms with E-state index in [9.17, 15) is 20.0 Å². The van der Waals surface area contributed by atoms with Crippen LogP contribution in [0.15, 0.2) is 6.07 Å². The molecule has 2 amide bonds. The average Bonchev–Trinajstić information content (AvgIpc) is 3.52. The minimum atomic E-state index is -0.900. The first-order valence-electron chi connectivity index (χ1n) is 16.7. The van der Waals surface area contributed by atoms with Gasteiger partial charge in [0.1, 0.15) is 29.2 Å². The van der Waals surface area contributed by atoms with Crippen molar-refractivity contribution in [1.29, 1.82) is 5.26 Å². The number of fused-ring (bicyclic) bond motifs is 9. The predicted octanol–water partition coefficient (Wildman–Crippen LogP) is 3.83. The summed E-state index contributed by atoms with van der Waals surface area (Å²) >= 11 is 0. The monoisotopic (exact) mass is 677 g/mol. The molecular weight excluding hydrogens is 630 g/mol. The minimum absolute atomic E-state index is 0.00666. The van der Waals surface area contributed by atoms with Crippen LogP contribution in [-0.4, -0.2) is 91.0 Å². The number of aromatic hydroxyl groups is 1. The molecule has 0 saturated carbocycles. The number of phenols is 1. The number of nitrogens with one attached hydrogen (secondary N) is 2. The Labute approximate surface area is 287 Å². The van der Waals surface area contributed by atoms with E-state index >= 15 is 0 Å². The van der Waals surface area contributed by atoms with Crippen LogP contribution in [0.2, 0.25) is 0 Å². The number of carbonyl (C=O) groups excluding carboxylic acids is 2. The SMILES string of the molecule is COCOc1c(C)c(C)cc2c1C1C3Cc4c(O)c(C)c5c(c4[C@H](CNC(=O)[C@H](C)NC(=O)OC(C)(C)C)N3[C@@H](C#N)[C@H](C2)N1C)OCO5. The fraction of sp³-hybridized carbons (Fsp3) is 0.583. The van der Waals surface area contributed by atoms with Crippen molar-refractivity contribution in [3.05, 3.63) is 45.0 Å². The summed E-state index contributed by atoms with van der Waals surface area (Å²) in [6.07, 6.45) is 0.331. The third-order valence-corrected chi connectivity index (χ3v) is 10.4.